The van der Waals surface area contributed by atoms with Crippen LogP contribution in [-0.4, -0.2) is 30.4 Å². The van der Waals surface area contributed by atoms with E-state index in [0.29, 0.717) is 19.0 Å². The van der Waals surface area contributed by atoms with Gasteiger partial charge in [-0.15, -0.1) is 0 Å². The summed E-state index contributed by atoms with van der Waals surface area (Å²) < 4.78 is 0. The van der Waals surface area contributed by atoms with Crippen LogP contribution in [0.3, 0.4) is 0 Å². The van der Waals surface area contributed by atoms with Crippen LogP contribution in [0.1, 0.15) is 39.5 Å². The Labute approximate surface area is 110 Å². The van der Waals surface area contributed by atoms with E-state index in [1.165, 1.54) is 0 Å². The monoisotopic (exact) mass is 251 g/mol. The Morgan fingerprint density at radius 1 is 1.44 bits per heavy atom. The summed E-state index contributed by atoms with van der Waals surface area (Å²) in [6.07, 6.45) is 4.05. The predicted molar refractivity (Wildman–Crippen MR) is 71.5 cm³/mol. The Bertz CT molecular complexity index is 303. The Kier molecular flexibility index (Phi) is 6.14. The van der Waals surface area contributed by atoms with Crippen LogP contribution in [0.4, 0.5) is 0 Å². The minimum atomic E-state index is -0.0886. The van der Waals surface area contributed by atoms with E-state index in [9.17, 15) is 4.79 Å². The Balaban J connectivity index is 2.50. The molecular formula is C14H25N3O. The van der Waals surface area contributed by atoms with Gasteiger partial charge >= 0.3 is 0 Å². The summed E-state index contributed by atoms with van der Waals surface area (Å²) in [6.45, 7) is 5.84. The normalized spacial score (nSPS) is 25.2. The molecule has 0 aromatic carbocycles. The highest BCUT2D eigenvalue weighted by Gasteiger charge is 2.28. The van der Waals surface area contributed by atoms with Crippen LogP contribution in [-0.2, 0) is 4.79 Å². The Morgan fingerprint density at radius 2 is 2.06 bits per heavy atom. The third kappa shape index (κ3) is 3.99. The van der Waals surface area contributed by atoms with Crippen LogP contribution in [0.15, 0.2) is 0 Å². The molecule has 4 heteroatoms. The maximum atomic E-state index is 12.4. The van der Waals surface area contributed by atoms with E-state index in [1.807, 2.05) is 18.7 Å². The van der Waals surface area contributed by atoms with Gasteiger partial charge in [0, 0.05) is 19.0 Å². The SMILES string of the molecule is CCN(CC(C)C#N)C(=O)C1CCC(CN)CC1. The summed E-state index contributed by atoms with van der Waals surface area (Å²) in [6, 6.07) is 2.19. The third-order valence-corrected chi connectivity index (χ3v) is 3.94. The molecule has 18 heavy (non-hydrogen) atoms. The first-order valence-electron chi connectivity index (χ1n) is 7.00. The molecule has 0 spiro atoms. The van der Waals surface area contributed by atoms with E-state index in [0.717, 1.165) is 32.2 Å². The van der Waals surface area contributed by atoms with E-state index in [4.69, 9.17) is 11.0 Å². The fraction of sp³-hybridized carbons (Fsp3) is 0.857. The second kappa shape index (κ2) is 7.38. The number of carbonyl (C=O) groups excluding carboxylic acids is 1. The summed E-state index contributed by atoms with van der Waals surface area (Å²) in [4.78, 5) is 14.2. The van der Waals surface area contributed by atoms with Crippen molar-refractivity contribution >= 4 is 5.91 Å². The second-order valence-corrected chi connectivity index (χ2v) is 5.36. The van der Waals surface area contributed by atoms with Crippen LogP contribution < -0.4 is 5.73 Å². The first-order valence-corrected chi connectivity index (χ1v) is 7.00. The number of nitrogens with zero attached hydrogens (tertiary/aromatic N) is 2. The number of nitriles is 1. The lowest BCUT2D eigenvalue weighted by Gasteiger charge is -2.31. The topological polar surface area (TPSA) is 70.1 Å². The lowest BCUT2D eigenvalue weighted by atomic mass is 9.81. The van der Waals surface area contributed by atoms with Gasteiger partial charge < -0.3 is 10.6 Å². The van der Waals surface area contributed by atoms with Crippen LogP contribution >= 0.6 is 0 Å². The summed E-state index contributed by atoms with van der Waals surface area (Å²) in [5.74, 6) is 0.894. The van der Waals surface area contributed by atoms with Gasteiger partial charge in [0.2, 0.25) is 5.91 Å². The molecule has 0 saturated heterocycles. The van der Waals surface area contributed by atoms with Crippen molar-refractivity contribution in [3.05, 3.63) is 0 Å². The molecule has 1 fully saturated rings. The molecule has 1 rings (SSSR count). The predicted octanol–water partition coefficient (Wildman–Crippen LogP) is 1.76. The van der Waals surface area contributed by atoms with Crippen molar-refractivity contribution in [2.24, 2.45) is 23.5 Å². The zero-order valence-electron chi connectivity index (χ0n) is 11.6. The van der Waals surface area contributed by atoms with Crippen molar-refractivity contribution in [2.45, 2.75) is 39.5 Å². The van der Waals surface area contributed by atoms with Gasteiger partial charge in [-0.05, 0) is 52.0 Å². The number of nitrogens with two attached hydrogens (primary N) is 1. The lowest BCUT2D eigenvalue weighted by molar-refractivity contribution is -0.137. The molecule has 1 saturated carbocycles. The highest BCUT2D eigenvalue weighted by molar-refractivity contribution is 5.78. The van der Waals surface area contributed by atoms with Crippen LogP contribution in [0.5, 0.6) is 0 Å². The van der Waals surface area contributed by atoms with Gasteiger partial charge in [0.1, 0.15) is 0 Å². The Hall–Kier alpha value is -1.08. The smallest absolute Gasteiger partial charge is 0.225 e. The van der Waals surface area contributed by atoms with Gasteiger partial charge in [0.25, 0.3) is 0 Å². The molecule has 0 bridgehead atoms. The quantitative estimate of drug-likeness (QED) is 0.809. The number of carbonyl (C=O) groups is 1. The van der Waals surface area contributed by atoms with Gasteiger partial charge in [0.05, 0.1) is 12.0 Å². The molecular weight excluding hydrogens is 226 g/mol. The van der Waals surface area contributed by atoms with Crippen molar-refractivity contribution in [2.75, 3.05) is 19.6 Å². The zero-order valence-corrected chi connectivity index (χ0v) is 11.6. The maximum absolute atomic E-state index is 12.4. The molecule has 1 unspecified atom stereocenters. The van der Waals surface area contributed by atoms with E-state index >= 15 is 0 Å². The maximum Gasteiger partial charge on any atom is 0.225 e. The van der Waals surface area contributed by atoms with Crippen molar-refractivity contribution in [3.63, 3.8) is 0 Å². The second-order valence-electron chi connectivity index (χ2n) is 5.36. The highest BCUT2D eigenvalue weighted by Crippen LogP contribution is 2.29. The first-order chi connectivity index (χ1) is 8.62. The molecule has 0 aliphatic heterocycles. The molecule has 1 aliphatic carbocycles. The van der Waals surface area contributed by atoms with Crippen molar-refractivity contribution in [1.82, 2.24) is 4.90 Å². The average Bonchev–Trinajstić information content (AvgIpc) is 2.43. The van der Waals surface area contributed by atoms with Crippen LogP contribution in [0.2, 0.25) is 0 Å². The van der Waals surface area contributed by atoms with Gasteiger partial charge in [-0.25, -0.2) is 0 Å². The third-order valence-electron chi connectivity index (χ3n) is 3.94. The lowest BCUT2D eigenvalue weighted by Crippen LogP contribution is -2.40. The molecule has 1 atom stereocenters. The summed E-state index contributed by atoms with van der Waals surface area (Å²) in [5.41, 5.74) is 5.66. The fourth-order valence-electron chi connectivity index (χ4n) is 2.65. The largest absolute Gasteiger partial charge is 0.341 e. The van der Waals surface area contributed by atoms with E-state index < -0.39 is 0 Å². The fourth-order valence-corrected chi connectivity index (χ4v) is 2.65. The molecule has 0 heterocycles. The van der Waals surface area contributed by atoms with E-state index in [1.54, 1.807) is 0 Å². The van der Waals surface area contributed by atoms with Gasteiger partial charge in [-0.3, -0.25) is 4.79 Å². The van der Waals surface area contributed by atoms with Crippen LogP contribution in [0.25, 0.3) is 0 Å². The molecule has 0 aromatic rings. The van der Waals surface area contributed by atoms with Crippen molar-refractivity contribution in [3.8, 4) is 6.07 Å². The molecule has 0 radical (unpaired) electrons. The molecule has 2 N–H and O–H groups in total. The molecule has 1 amide bonds. The van der Waals surface area contributed by atoms with Crippen LogP contribution in [0, 0.1) is 29.1 Å². The Morgan fingerprint density at radius 3 is 2.50 bits per heavy atom. The molecule has 0 aromatic heterocycles. The number of amides is 1. The number of rotatable bonds is 5. The standard InChI is InChI=1S/C14H25N3O/c1-3-17(10-11(2)8-15)14(18)13-6-4-12(9-16)5-7-13/h11-13H,3-7,9-10,16H2,1-2H3. The van der Waals surface area contributed by atoms with E-state index in [-0.39, 0.29) is 17.7 Å². The number of hydrogen-bond acceptors (Lipinski definition) is 3. The zero-order chi connectivity index (χ0) is 13.5. The van der Waals surface area contributed by atoms with E-state index in [2.05, 4.69) is 6.07 Å². The minimum Gasteiger partial charge on any atom is -0.341 e. The van der Waals surface area contributed by atoms with Gasteiger partial charge in [0.15, 0.2) is 0 Å². The van der Waals surface area contributed by atoms with Crippen molar-refractivity contribution in [1.29, 1.82) is 5.26 Å². The minimum absolute atomic E-state index is 0.0886. The van der Waals surface area contributed by atoms with Crippen molar-refractivity contribution < 1.29 is 4.79 Å². The summed E-state index contributed by atoms with van der Waals surface area (Å²) in [5, 5.41) is 8.84. The molecule has 4 nitrogen and oxygen atoms in total. The summed E-state index contributed by atoms with van der Waals surface area (Å²) in [7, 11) is 0. The first kappa shape index (κ1) is 15.0. The highest BCUT2D eigenvalue weighted by atomic mass is 16.2. The van der Waals surface area contributed by atoms with Gasteiger partial charge in [-0.2, -0.15) is 5.26 Å². The average molecular weight is 251 g/mol. The molecule has 1 aliphatic rings. The van der Waals surface area contributed by atoms with Gasteiger partial charge in [-0.1, -0.05) is 0 Å². The number of hydrogen-bond donors (Lipinski definition) is 1. The molecule has 102 valence electrons. The summed E-state index contributed by atoms with van der Waals surface area (Å²) >= 11 is 0.